The minimum atomic E-state index is 0.0730. The SMILES string of the molecule is Cc1nn(C)c(C)c1CCC(=O)NCc1cc[nH]c1. The van der Waals surface area contributed by atoms with Crippen LogP contribution in [0.1, 0.15) is 28.9 Å². The Hall–Kier alpha value is -2.04. The second kappa shape index (κ2) is 5.73. The van der Waals surface area contributed by atoms with Gasteiger partial charge in [0.05, 0.1) is 5.69 Å². The predicted molar refractivity (Wildman–Crippen MR) is 73.6 cm³/mol. The fraction of sp³-hybridized carbons (Fsp3) is 0.429. The normalized spacial score (nSPS) is 10.7. The Morgan fingerprint density at radius 2 is 2.26 bits per heavy atom. The Morgan fingerprint density at radius 1 is 1.47 bits per heavy atom. The summed E-state index contributed by atoms with van der Waals surface area (Å²) < 4.78 is 1.86. The fourth-order valence-electron chi connectivity index (χ4n) is 2.18. The Labute approximate surface area is 113 Å². The van der Waals surface area contributed by atoms with E-state index in [2.05, 4.69) is 15.4 Å². The lowest BCUT2D eigenvalue weighted by molar-refractivity contribution is -0.121. The maximum absolute atomic E-state index is 11.8. The van der Waals surface area contributed by atoms with Gasteiger partial charge in [-0.05, 0) is 37.5 Å². The van der Waals surface area contributed by atoms with Crippen LogP contribution in [0.15, 0.2) is 18.5 Å². The number of carbonyl (C=O) groups is 1. The van der Waals surface area contributed by atoms with E-state index in [0.717, 1.165) is 23.4 Å². The molecule has 0 aliphatic rings. The van der Waals surface area contributed by atoms with Gasteiger partial charge in [-0.3, -0.25) is 9.48 Å². The summed E-state index contributed by atoms with van der Waals surface area (Å²) in [5.74, 6) is 0.0730. The molecule has 0 saturated heterocycles. The zero-order chi connectivity index (χ0) is 13.8. The van der Waals surface area contributed by atoms with Crippen LogP contribution in [-0.4, -0.2) is 20.7 Å². The van der Waals surface area contributed by atoms with Gasteiger partial charge in [0.1, 0.15) is 0 Å². The number of carbonyl (C=O) groups excluding carboxylic acids is 1. The van der Waals surface area contributed by atoms with Gasteiger partial charge in [-0.2, -0.15) is 5.10 Å². The van der Waals surface area contributed by atoms with Gasteiger partial charge in [0, 0.05) is 38.1 Å². The van der Waals surface area contributed by atoms with E-state index < -0.39 is 0 Å². The summed E-state index contributed by atoms with van der Waals surface area (Å²) in [6, 6.07) is 1.95. The molecule has 2 heterocycles. The Bertz CT molecular complexity index is 554. The van der Waals surface area contributed by atoms with Crippen LogP contribution in [0.3, 0.4) is 0 Å². The van der Waals surface area contributed by atoms with Crippen LogP contribution >= 0.6 is 0 Å². The summed E-state index contributed by atoms with van der Waals surface area (Å²) in [6.07, 6.45) is 4.97. The highest BCUT2D eigenvalue weighted by Gasteiger charge is 2.11. The van der Waals surface area contributed by atoms with E-state index in [9.17, 15) is 4.79 Å². The van der Waals surface area contributed by atoms with Crippen LogP contribution < -0.4 is 5.32 Å². The van der Waals surface area contributed by atoms with Gasteiger partial charge < -0.3 is 10.3 Å². The molecule has 0 aliphatic carbocycles. The first-order valence-corrected chi connectivity index (χ1v) is 6.45. The number of H-pyrrole nitrogens is 1. The number of aryl methyl sites for hydroxylation is 2. The van der Waals surface area contributed by atoms with E-state index in [1.807, 2.05) is 44.0 Å². The van der Waals surface area contributed by atoms with E-state index in [-0.39, 0.29) is 5.91 Å². The number of nitrogens with one attached hydrogen (secondary N) is 2. The molecule has 0 radical (unpaired) electrons. The van der Waals surface area contributed by atoms with Crippen molar-refractivity contribution in [3.05, 3.63) is 41.0 Å². The van der Waals surface area contributed by atoms with Crippen LogP contribution in [0.5, 0.6) is 0 Å². The molecule has 0 spiro atoms. The van der Waals surface area contributed by atoms with Crippen molar-refractivity contribution < 1.29 is 4.79 Å². The predicted octanol–water partition coefficient (Wildman–Crippen LogP) is 1.61. The molecule has 0 atom stereocenters. The van der Waals surface area contributed by atoms with Crippen LogP contribution in [0, 0.1) is 13.8 Å². The van der Waals surface area contributed by atoms with Crippen molar-refractivity contribution in [2.45, 2.75) is 33.2 Å². The lowest BCUT2D eigenvalue weighted by Gasteiger charge is -2.04. The van der Waals surface area contributed by atoms with Crippen molar-refractivity contribution in [1.82, 2.24) is 20.1 Å². The maximum Gasteiger partial charge on any atom is 0.220 e. The molecular formula is C14H20N4O. The van der Waals surface area contributed by atoms with Crippen molar-refractivity contribution in [2.24, 2.45) is 7.05 Å². The first-order valence-electron chi connectivity index (χ1n) is 6.45. The highest BCUT2D eigenvalue weighted by atomic mass is 16.1. The van der Waals surface area contributed by atoms with Crippen molar-refractivity contribution in [1.29, 1.82) is 0 Å². The third kappa shape index (κ3) is 3.24. The summed E-state index contributed by atoms with van der Waals surface area (Å²) in [4.78, 5) is 14.8. The molecule has 2 aromatic rings. The second-order valence-electron chi connectivity index (χ2n) is 4.77. The summed E-state index contributed by atoms with van der Waals surface area (Å²) in [6.45, 7) is 4.60. The van der Waals surface area contributed by atoms with Gasteiger partial charge in [-0.25, -0.2) is 0 Å². The average Bonchev–Trinajstić information content (AvgIpc) is 2.96. The minimum Gasteiger partial charge on any atom is -0.367 e. The number of nitrogens with zero attached hydrogens (tertiary/aromatic N) is 2. The number of aromatic amines is 1. The molecule has 2 rings (SSSR count). The van der Waals surface area contributed by atoms with Crippen molar-refractivity contribution in [3.63, 3.8) is 0 Å². The summed E-state index contributed by atoms with van der Waals surface area (Å²) in [5, 5.41) is 7.27. The number of hydrogen-bond donors (Lipinski definition) is 2. The molecule has 2 aromatic heterocycles. The van der Waals surface area contributed by atoms with Gasteiger partial charge in [0.25, 0.3) is 0 Å². The van der Waals surface area contributed by atoms with Gasteiger partial charge in [-0.1, -0.05) is 0 Å². The molecule has 0 saturated carbocycles. The van der Waals surface area contributed by atoms with E-state index in [4.69, 9.17) is 0 Å². The van der Waals surface area contributed by atoms with Crippen molar-refractivity contribution in [3.8, 4) is 0 Å². The highest BCUT2D eigenvalue weighted by Crippen LogP contribution is 2.13. The summed E-state index contributed by atoms with van der Waals surface area (Å²) >= 11 is 0. The van der Waals surface area contributed by atoms with E-state index in [1.54, 1.807) is 0 Å². The Morgan fingerprint density at radius 3 is 2.84 bits per heavy atom. The van der Waals surface area contributed by atoms with Crippen LogP contribution in [-0.2, 0) is 24.8 Å². The first kappa shape index (κ1) is 13.4. The van der Waals surface area contributed by atoms with E-state index in [0.29, 0.717) is 13.0 Å². The number of aromatic nitrogens is 3. The third-order valence-corrected chi connectivity index (χ3v) is 3.41. The third-order valence-electron chi connectivity index (χ3n) is 3.41. The molecule has 0 unspecified atom stereocenters. The average molecular weight is 260 g/mol. The monoisotopic (exact) mass is 260 g/mol. The lowest BCUT2D eigenvalue weighted by Crippen LogP contribution is -2.22. The molecule has 0 aromatic carbocycles. The largest absolute Gasteiger partial charge is 0.367 e. The molecule has 5 heteroatoms. The van der Waals surface area contributed by atoms with E-state index in [1.165, 1.54) is 5.56 Å². The number of hydrogen-bond acceptors (Lipinski definition) is 2. The zero-order valence-corrected chi connectivity index (χ0v) is 11.7. The Kier molecular flexibility index (Phi) is 4.04. The topological polar surface area (TPSA) is 62.7 Å². The maximum atomic E-state index is 11.8. The zero-order valence-electron chi connectivity index (χ0n) is 11.7. The quantitative estimate of drug-likeness (QED) is 0.858. The molecule has 19 heavy (non-hydrogen) atoms. The fourth-order valence-corrected chi connectivity index (χ4v) is 2.18. The molecule has 0 bridgehead atoms. The molecule has 0 fully saturated rings. The smallest absolute Gasteiger partial charge is 0.220 e. The van der Waals surface area contributed by atoms with Crippen LogP contribution in [0.25, 0.3) is 0 Å². The Balaban J connectivity index is 1.83. The van der Waals surface area contributed by atoms with Crippen LogP contribution in [0.2, 0.25) is 0 Å². The van der Waals surface area contributed by atoms with Gasteiger partial charge in [0.15, 0.2) is 0 Å². The molecule has 2 N–H and O–H groups in total. The first-order chi connectivity index (χ1) is 9.08. The van der Waals surface area contributed by atoms with E-state index >= 15 is 0 Å². The summed E-state index contributed by atoms with van der Waals surface area (Å²) in [7, 11) is 1.93. The molecule has 1 amide bonds. The second-order valence-corrected chi connectivity index (χ2v) is 4.77. The molecular weight excluding hydrogens is 240 g/mol. The van der Waals surface area contributed by atoms with Crippen LogP contribution in [0.4, 0.5) is 0 Å². The van der Waals surface area contributed by atoms with Crippen molar-refractivity contribution in [2.75, 3.05) is 0 Å². The van der Waals surface area contributed by atoms with Gasteiger partial charge >= 0.3 is 0 Å². The number of amides is 1. The molecule has 0 aliphatic heterocycles. The standard InChI is InChI=1S/C14H20N4O/c1-10-13(11(2)18(3)17-10)4-5-14(19)16-9-12-6-7-15-8-12/h6-8,15H,4-5,9H2,1-3H3,(H,16,19). The number of rotatable bonds is 5. The molecule has 5 nitrogen and oxygen atoms in total. The highest BCUT2D eigenvalue weighted by molar-refractivity contribution is 5.76. The van der Waals surface area contributed by atoms with Gasteiger partial charge in [-0.15, -0.1) is 0 Å². The lowest BCUT2D eigenvalue weighted by atomic mass is 10.1. The molecule has 102 valence electrons. The minimum absolute atomic E-state index is 0.0730. The summed E-state index contributed by atoms with van der Waals surface area (Å²) in [5.41, 5.74) is 4.41. The van der Waals surface area contributed by atoms with Crippen molar-refractivity contribution >= 4 is 5.91 Å². The van der Waals surface area contributed by atoms with Gasteiger partial charge in [0.2, 0.25) is 5.91 Å².